The van der Waals surface area contributed by atoms with Crippen LogP contribution in [0.5, 0.6) is 5.75 Å². The second-order valence-electron chi connectivity index (χ2n) is 10.4. The summed E-state index contributed by atoms with van der Waals surface area (Å²) in [7, 11) is 1.77. The van der Waals surface area contributed by atoms with E-state index in [1.54, 1.807) is 21.3 Å². The maximum atomic E-state index is 10.5. The Morgan fingerprint density at radius 3 is 2.37 bits per heavy atom. The quantitative estimate of drug-likeness (QED) is 0.468. The lowest BCUT2D eigenvalue weighted by Gasteiger charge is -2.44. The van der Waals surface area contributed by atoms with Crippen LogP contribution in [-0.2, 0) is 10.1 Å². The van der Waals surface area contributed by atoms with Crippen molar-refractivity contribution in [2.24, 2.45) is 0 Å². The molecule has 0 saturated heterocycles. The van der Waals surface area contributed by atoms with Crippen LogP contribution < -0.4 is 10.2 Å². The van der Waals surface area contributed by atoms with Crippen molar-refractivity contribution >= 4 is 12.9 Å². The largest absolute Gasteiger partial charge is 0.457 e. The third-order valence-corrected chi connectivity index (χ3v) is 7.58. The Kier molecular flexibility index (Phi) is 5.98. The molecule has 1 unspecified atom stereocenters. The van der Waals surface area contributed by atoms with E-state index in [-0.39, 0.29) is 0 Å². The summed E-state index contributed by atoms with van der Waals surface area (Å²) in [5, 5.41) is 10.5. The molecule has 2 aliphatic rings. The maximum Gasteiger partial charge on any atom is 0.330 e. The van der Waals surface area contributed by atoms with Gasteiger partial charge in [0.25, 0.3) is 0 Å². The van der Waals surface area contributed by atoms with Crippen LogP contribution in [0.25, 0.3) is 0 Å². The molecule has 3 nitrogen and oxygen atoms in total. The highest BCUT2D eigenvalue weighted by Crippen LogP contribution is 2.54. The van der Waals surface area contributed by atoms with Crippen molar-refractivity contribution in [2.75, 3.05) is 0 Å². The summed E-state index contributed by atoms with van der Waals surface area (Å²) in [6.45, 7) is 7.34. The van der Waals surface area contributed by atoms with Crippen molar-refractivity contribution in [3.63, 3.8) is 0 Å². The summed E-state index contributed by atoms with van der Waals surface area (Å²) in [5.41, 5.74) is 3.55. The normalized spacial score (nSPS) is 19.6. The standard InChI is InChI=1S/C31H32BO3/c1-29(2,33)30(3,4)35-32-24-16-12-15-23(21-24)31(22-13-6-5-7-14-22)25-17-8-10-19-27(25)34-28-20-11-9-18-26(28)31/h5-8,10-17,19-21,33H,9,18H2,1-4H3. The highest BCUT2D eigenvalue weighted by Gasteiger charge is 2.46. The molecule has 35 heavy (non-hydrogen) atoms. The molecule has 1 heterocycles. The van der Waals surface area contributed by atoms with Gasteiger partial charge in [-0.15, -0.1) is 0 Å². The Bertz CT molecular complexity index is 1280. The van der Waals surface area contributed by atoms with Crippen molar-refractivity contribution in [1.82, 2.24) is 0 Å². The van der Waals surface area contributed by atoms with E-state index in [1.807, 2.05) is 26.0 Å². The summed E-state index contributed by atoms with van der Waals surface area (Å²) in [5.74, 6) is 1.82. The number of aliphatic hydroxyl groups is 1. The third-order valence-electron chi connectivity index (χ3n) is 7.58. The third kappa shape index (κ3) is 4.05. The summed E-state index contributed by atoms with van der Waals surface area (Å²) in [4.78, 5) is 0. The smallest absolute Gasteiger partial charge is 0.330 e. The van der Waals surface area contributed by atoms with Gasteiger partial charge in [-0.3, -0.25) is 0 Å². The number of hydrogen-bond acceptors (Lipinski definition) is 3. The molecule has 1 atom stereocenters. The molecule has 5 rings (SSSR count). The van der Waals surface area contributed by atoms with Gasteiger partial charge in [0.05, 0.1) is 16.6 Å². The van der Waals surface area contributed by atoms with Crippen LogP contribution in [0.4, 0.5) is 0 Å². The molecule has 0 saturated carbocycles. The van der Waals surface area contributed by atoms with E-state index in [0.717, 1.165) is 35.4 Å². The first kappa shape index (κ1) is 23.7. The summed E-state index contributed by atoms with van der Waals surface area (Å²) in [6.07, 6.45) is 6.22. The summed E-state index contributed by atoms with van der Waals surface area (Å²) in [6, 6.07) is 27.6. The number of ether oxygens (including phenoxy) is 1. The fourth-order valence-corrected chi connectivity index (χ4v) is 4.98. The van der Waals surface area contributed by atoms with Crippen molar-refractivity contribution in [1.29, 1.82) is 0 Å². The molecule has 0 fully saturated rings. The number of allylic oxidation sites excluding steroid dienone is 3. The number of rotatable bonds is 6. The number of para-hydroxylation sites is 1. The molecule has 1 radical (unpaired) electrons. The highest BCUT2D eigenvalue weighted by atomic mass is 16.5. The summed E-state index contributed by atoms with van der Waals surface area (Å²) < 4.78 is 12.5. The van der Waals surface area contributed by atoms with Crippen molar-refractivity contribution in [3.8, 4) is 5.75 Å². The number of benzene rings is 3. The van der Waals surface area contributed by atoms with Crippen molar-refractivity contribution < 1.29 is 14.5 Å². The predicted octanol–water partition coefficient (Wildman–Crippen LogP) is 5.83. The first-order valence-corrected chi connectivity index (χ1v) is 12.3. The molecule has 4 heteroatoms. The monoisotopic (exact) mass is 463 g/mol. The van der Waals surface area contributed by atoms with Crippen LogP contribution in [0.2, 0.25) is 0 Å². The van der Waals surface area contributed by atoms with Gasteiger partial charge in [-0.1, -0.05) is 84.3 Å². The van der Waals surface area contributed by atoms with Gasteiger partial charge in [0.15, 0.2) is 0 Å². The molecule has 0 bridgehead atoms. The molecule has 1 N–H and O–H groups in total. The van der Waals surface area contributed by atoms with Crippen molar-refractivity contribution in [3.05, 3.63) is 119 Å². The van der Waals surface area contributed by atoms with E-state index >= 15 is 0 Å². The van der Waals surface area contributed by atoms with Gasteiger partial charge in [-0.25, -0.2) is 0 Å². The van der Waals surface area contributed by atoms with Gasteiger partial charge >= 0.3 is 7.48 Å². The van der Waals surface area contributed by atoms with E-state index in [0.29, 0.717) is 0 Å². The fourth-order valence-electron chi connectivity index (χ4n) is 4.98. The topological polar surface area (TPSA) is 38.7 Å². The van der Waals surface area contributed by atoms with Crippen LogP contribution in [0.15, 0.2) is 102 Å². The van der Waals surface area contributed by atoms with Crippen molar-refractivity contribution in [2.45, 2.75) is 57.2 Å². The van der Waals surface area contributed by atoms with E-state index in [2.05, 4.69) is 78.9 Å². The highest BCUT2D eigenvalue weighted by molar-refractivity contribution is 6.47. The number of fused-ring (bicyclic) bond motifs is 1. The minimum Gasteiger partial charge on any atom is -0.457 e. The average Bonchev–Trinajstić information content (AvgIpc) is 2.86. The molecule has 0 amide bonds. The Balaban J connectivity index is 1.70. The SMILES string of the molecule is CC(C)(O)C(C)(C)O[B]c1cccc(C2(c3ccccc3)C3=C(C=CCC3)Oc3ccccc32)c1. The van der Waals surface area contributed by atoms with Gasteiger partial charge in [-0.05, 0) is 69.4 Å². The van der Waals surface area contributed by atoms with Gasteiger partial charge in [0, 0.05) is 5.56 Å². The Morgan fingerprint density at radius 2 is 1.60 bits per heavy atom. The molecule has 1 aliphatic heterocycles. The van der Waals surface area contributed by atoms with Crippen LogP contribution in [0.1, 0.15) is 57.2 Å². The van der Waals surface area contributed by atoms with E-state index in [4.69, 9.17) is 9.39 Å². The van der Waals surface area contributed by atoms with E-state index in [1.165, 1.54) is 16.7 Å². The lowest BCUT2D eigenvalue weighted by atomic mass is 9.61. The van der Waals surface area contributed by atoms with Crippen LogP contribution in [0.3, 0.4) is 0 Å². The molecule has 0 spiro atoms. The van der Waals surface area contributed by atoms with Gasteiger partial charge < -0.3 is 14.5 Å². The summed E-state index contributed by atoms with van der Waals surface area (Å²) >= 11 is 0. The zero-order valence-electron chi connectivity index (χ0n) is 20.9. The Labute approximate surface area is 209 Å². The fraction of sp³-hybridized carbons (Fsp3) is 0.290. The predicted molar refractivity (Wildman–Crippen MR) is 142 cm³/mol. The van der Waals surface area contributed by atoms with Crippen LogP contribution in [0, 0.1) is 0 Å². The number of hydrogen-bond donors (Lipinski definition) is 1. The van der Waals surface area contributed by atoms with Gasteiger partial charge in [0.2, 0.25) is 0 Å². The molecule has 3 aromatic carbocycles. The minimum absolute atomic E-state index is 0.480. The molecular formula is C31H32BO3. The van der Waals surface area contributed by atoms with Crippen LogP contribution >= 0.6 is 0 Å². The molecule has 3 aromatic rings. The molecular weight excluding hydrogens is 431 g/mol. The lowest BCUT2D eigenvalue weighted by molar-refractivity contribution is -0.0893. The van der Waals surface area contributed by atoms with Crippen LogP contribution in [-0.4, -0.2) is 23.8 Å². The zero-order chi connectivity index (χ0) is 24.7. The van der Waals surface area contributed by atoms with Gasteiger partial charge in [-0.2, -0.15) is 0 Å². The maximum absolute atomic E-state index is 10.5. The molecule has 177 valence electrons. The van der Waals surface area contributed by atoms with E-state index in [9.17, 15) is 5.11 Å². The first-order chi connectivity index (χ1) is 16.7. The lowest BCUT2D eigenvalue weighted by Crippen LogP contribution is -2.49. The minimum atomic E-state index is -0.986. The average molecular weight is 463 g/mol. The molecule has 1 aliphatic carbocycles. The second kappa shape index (κ2) is 8.85. The van der Waals surface area contributed by atoms with Gasteiger partial charge in [0.1, 0.15) is 11.5 Å². The Hall–Kier alpha value is -3.08. The van der Waals surface area contributed by atoms with E-state index < -0.39 is 16.6 Å². The first-order valence-electron chi connectivity index (χ1n) is 12.3. The Morgan fingerprint density at radius 1 is 0.886 bits per heavy atom. The second-order valence-corrected chi connectivity index (χ2v) is 10.4. The molecule has 0 aromatic heterocycles. The zero-order valence-corrected chi connectivity index (χ0v) is 20.9.